The van der Waals surface area contributed by atoms with E-state index in [0.717, 1.165) is 21.9 Å². The molecule has 6 nitrogen and oxygen atoms in total. The number of amides is 2. The number of hydrazone groups is 1. The molecule has 0 aromatic heterocycles. The molecule has 2 N–H and O–H groups in total. The molecule has 30 heavy (non-hydrogen) atoms. The molecule has 0 bridgehead atoms. The monoisotopic (exact) mass is 399 g/mol. The van der Waals surface area contributed by atoms with E-state index in [1.807, 2.05) is 61.5 Å². The van der Waals surface area contributed by atoms with Crippen molar-refractivity contribution in [1.82, 2.24) is 10.7 Å². The number of nitrogens with one attached hydrogen (secondary N) is 2. The average molecular weight is 399 g/mol. The number of benzene rings is 3. The van der Waals surface area contributed by atoms with Crippen molar-refractivity contribution in [2.75, 3.05) is 6.61 Å². The molecule has 0 heterocycles. The van der Waals surface area contributed by atoms with E-state index >= 15 is 0 Å². The van der Waals surface area contributed by atoms with Gasteiger partial charge in [-0.15, -0.1) is 6.42 Å². The van der Waals surface area contributed by atoms with Gasteiger partial charge in [0, 0.05) is 12.1 Å². The third kappa shape index (κ3) is 5.24. The maximum Gasteiger partial charge on any atom is 0.329 e. The van der Waals surface area contributed by atoms with Crippen LogP contribution in [0.1, 0.15) is 16.7 Å². The maximum absolute atomic E-state index is 12.0. The summed E-state index contributed by atoms with van der Waals surface area (Å²) in [6.07, 6.45) is 6.72. The van der Waals surface area contributed by atoms with Crippen molar-refractivity contribution in [3.63, 3.8) is 0 Å². The van der Waals surface area contributed by atoms with Crippen molar-refractivity contribution in [2.24, 2.45) is 5.10 Å². The highest BCUT2D eigenvalue weighted by Crippen LogP contribution is 2.26. The van der Waals surface area contributed by atoms with Crippen LogP contribution in [0.3, 0.4) is 0 Å². The number of nitrogens with zero attached hydrogens (tertiary/aromatic N) is 1. The third-order valence-electron chi connectivity index (χ3n) is 4.38. The molecular weight excluding hydrogens is 378 g/mol. The number of ether oxygens (including phenoxy) is 1. The minimum Gasteiger partial charge on any atom is -0.480 e. The van der Waals surface area contributed by atoms with Crippen LogP contribution in [-0.4, -0.2) is 24.6 Å². The van der Waals surface area contributed by atoms with Gasteiger partial charge in [0.15, 0.2) is 0 Å². The number of terminal acetylenes is 1. The Labute approximate surface area is 174 Å². The van der Waals surface area contributed by atoms with Crippen LogP contribution in [-0.2, 0) is 16.1 Å². The van der Waals surface area contributed by atoms with Gasteiger partial charge in [-0.25, -0.2) is 5.43 Å². The summed E-state index contributed by atoms with van der Waals surface area (Å²) in [6, 6.07) is 19.0. The predicted molar refractivity (Wildman–Crippen MR) is 117 cm³/mol. The Kier molecular flexibility index (Phi) is 6.80. The number of fused-ring (bicyclic) bond motifs is 1. The van der Waals surface area contributed by atoms with Crippen molar-refractivity contribution in [3.8, 4) is 18.1 Å². The zero-order chi connectivity index (χ0) is 21.3. The van der Waals surface area contributed by atoms with Crippen molar-refractivity contribution in [1.29, 1.82) is 0 Å². The van der Waals surface area contributed by atoms with Gasteiger partial charge < -0.3 is 10.1 Å². The lowest BCUT2D eigenvalue weighted by molar-refractivity contribution is -0.139. The molecule has 0 aliphatic carbocycles. The summed E-state index contributed by atoms with van der Waals surface area (Å²) in [5.41, 5.74) is 4.92. The maximum atomic E-state index is 12.0. The zero-order valence-corrected chi connectivity index (χ0v) is 16.5. The molecular formula is C24H21N3O3. The Morgan fingerprint density at radius 2 is 1.83 bits per heavy atom. The predicted octanol–water partition coefficient (Wildman–Crippen LogP) is 2.93. The van der Waals surface area contributed by atoms with E-state index in [1.54, 1.807) is 6.07 Å². The summed E-state index contributed by atoms with van der Waals surface area (Å²) in [6.45, 7) is 2.34. The lowest BCUT2D eigenvalue weighted by Crippen LogP contribution is -2.37. The lowest BCUT2D eigenvalue weighted by Gasteiger charge is -2.10. The van der Waals surface area contributed by atoms with Crippen LogP contribution in [0.25, 0.3) is 10.8 Å². The van der Waals surface area contributed by atoms with E-state index in [9.17, 15) is 9.59 Å². The number of carbonyl (C=O) groups excluding carboxylic acids is 2. The first-order chi connectivity index (χ1) is 14.6. The Morgan fingerprint density at radius 1 is 1.07 bits per heavy atom. The first kappa shape index (κ1) is 20.6. The molecule has 0 aliphatic rings. The fraction of sp³-hybridized carbons (Fsp3) is 0.125. The molecule has 3 aromatic carbocycles. The van der Waals surface area contributed by atoms with Crippen LogP contribution in [0, 0.1) is 19.3 Å². The van der Waals surface area contributed by atoms with Gasteiger partial charge in [0.2, 0.25) is 0 Å². The molecule has 2 amide bonds. The Bertz CT molecular complexity index is 1130. The molecule has 0 aliphatic heterocycles. The molecule has 0 saturated carbocycles. The summed E-state index contributed by atoms with van der Waals surface area (Å²) in [4.78, 5) is 24.0. The van der Waals surface area contributed by atoms with Crippen molar-refractivity contribution < 1.29 is 14.3 Å². The van der Waals surface area contributed by atoms with Crippen molar-refractivity contribution in [3.05, 3.63) is 77.4 Å². The van der Waals surface area contributed by atoms with E-state index in [0.29, 0.717) is 11.3 Å². The second-order valence-electron chi connectivity index (χ2n) is 6.56. The van der Waals surface area contributed by atoms with E-state index in [4.69, 9.17) is 11.2 Å². The van der Waals surface area contributed by atoms with Gasteiger partial charge in [-0.3, -0.25) is 9.59 Å². The summed E-state index contributed by atoms with van der Waals surface area (Å²) in [5.74, 6) is 1.33. The quantitative estimate of drug-likeness (QED) is 0.289. The SMILES string of the molecule is C#CCOc1ccc2ccccc2c1/C=N\NC(=O)C(=O)NCc1ccc(C)cc1. The number of aryl methyl sites for hydroxylation is 1. The van der Waals surface area contributed by atoms with E-state index < -0.39 is 11.8 Å². The van der Waals surface area contributed by atoms with Gasteiger partial charge >= 0.3 is 11.8 Å². The molecule has 0 atom stereocenters. The number of hydrogen-bond acceptors (Lipinski definition) is 4. The fourth-order valence-electron chi connectivity index (χ4n) is 2.83. The molecule has 3 aromatic rings. The Hall–Kier alpha value is -4.11. The molecule has 3 rings (SSSR count). The van der Waals surface area contributed by atoms with Crippen LogP contribution in [0.15, 0.2) is 65.8 Å². The first-order valence-corrected chi connectivity index (χ1v) is 9.33. The van der Waals surface area contributed by atoms with Crippen molar-refractivity contribution >= 4 is 28.8 Å². The average Bonchev–Trinajstić information content (AvgIpc) is 2.77. The zero-order valence-electron chi connectivity index (χ0n) is 16.5. The molecule has 150 valence electrons. The molecule has 0 spiro atoms. The second-order valence-corrected chi connectivity index (χ2v) is 6.56. The highest BCUT2D eigenvalue weighted by molar-refractivity contribution is 6.35. The molecule has 0 fully saturated rings. The van der Waals surface area contributed by atoms with Gasteiger partial charge in [0.1, 0.15) is 12.4 Å². The largest absolute Gasteiger partial charge is 0.480 e. The molecule has 6 heteroatoms. The molecule has 0 saturated heterocycles. The van der Waals surface area contributed by atoms with E-state index in [1.165, 1.54) is 6.21 Å². The smallest absolute Gasteiger partial charge is 0.329 e. The molecule has 0 unspecified atom stereocenters. The summed E-state index contributed by atoms with van der Waals surface area (Å²) in [7, 11) is 0. The van der Waals surface area contributed by atoms with Gasteiger partial charge in [0.05, 0.1) is 6.21 Å². The van der Waals surface area contributed by atoms with Crippen LogP contribution in [0.5, 0.6) is 5.75 Å². The van der Waals surface area contributed by atoms with E-state index in [2.05, 4.69) is 21.8 Å². The van der Waals surface area contributed by atoms with Gasteiger partial charge in [-0.2, -0.15) is 5.10 Å². The normalized spacial score (nSPS) is 10.5. The van der Waals surface area contributed by atoms with Crippen LogP contribution in [0.4, 0.5) is 0 Å². The summed E-state index contributed by atoms with van der Waals surface area (Å²) < 4.78 is 5.58. The highest BCUT2D eigenvalue weighted by Gasteiger charge is 2.12. The van der Waals surface area contributed by atoms with Crippen molar-refractivity contribution in [2.45, 2.75) is 13.5 Å². The Balaban J connectivity index is 1.67. The Morgan fingerprint density at radius 3 is 2.60 bits per heavy atom. The van der Waals surface area contributed by atoms with Gasteiger partial charge in [-0.1, -0.05) is 66.1 Å². The third-order valence-corrected chi connectivity index (χ3v) is 4.38. The standard InChI is InChI=1S/C24H21N3O3/c1-3-14-30-22-13-12-19-6-4-5-7-20(19)21(22)16-26-27-24(29)23(28)25-15-18-10-8-17(2)9-11-18/h1,4-13,16H,14-15H2,2H3,(H,25,28)(H,27,29)/b26-16-. The minimum absolute atomic E-state index is 0.104. The number of hydrogen-bond donors (Lipinski definition) is 2. The van der Waals surface area contributed by atoms with Crippen LogP contribution >= 0.6 is 0 Å². The highest BCUT2D eigenvalue weighted by atomic mass is 16.5. The van der Waals surface area contributed by atoms with Gasteiger partial charge in [-0.05, 0) is 29.3 Å². The van der Waals surface area contributed by atoms with Crippen LogP contribution < -0.4 is 15.5 Å². The topological polar surface area (TPSA) is 79.8 Å². The summed E-state index contributed by atoms with van der Waals surface area (Å²) in [5, 5.41) is 8.36. The first-order valence-electron chi connectivity index (χ1n) is 9.33. The molecule has 0 radical (unpaired) electrons. The van der Waals surface area contributed by atoms with Gasteiger partial charge in [0.25, 0.3) is 0 Å². The van der Waals surface area contributed by atoms with Crippen LogP contribution in [0.2, 0.25) is 0 Å². The fourth-order valence-corrected chi connectivity index (χ4v) is 2.83. The lowest BCUT2D eigenvalue weighted by atomic mass is 10.0. The number of rotatable bonds is 6. The minimum atomic E-state index is -0.857. The van der Waals surface area contributed by atoms with E-state index in [-0.39, 0.29) is 13.2 Å². The number of carbonyl (C=O) groups is 2. The summed E-state index contributed by atoms with van der Waals surface area (Å²) >= 11 is 0. The second kappa shape index (κ2) is 9.89.